The molecule has 0 saturated carbocycles. The van der Waals surface area contributed by atoms with E-state index in [9.17, 15) is 22.8 Å². The van der Waals surface area contributed by atoms with E-state index in [1.807, 2.05) is 0 Å². The van der Waals surface area contributed by atoms with Crippen molar-refractivity contribution in [2.75, 3.05) is 16.9 Å². The number of aromatic amines is 1. The first-order valence-corrected chi connectivity index (χ1v) is 8.20. The Bertz CT molecular complexity index is 964. The predicted octanol–water partition coefficient (Wildman–Crippen LogP) is 1.91. The first kappa shape index (κ1) is 20.4. The summed E-state index contributed by atoms with van der Waals surface area (Å²) in [5.41, 5.74) is 2.39. The van der Waals surface area contributed by atoms with Crippen LogP contribution in [0.2, 0.25) is 5.02 Å². The fourth-order valence-electron chi connectivity index (χ4n) is 2.27. The fraction of sp³-hybridized carbons (Fsp3) is 0.200. The summed E-state index contributed by atoms with van der Waals surface area (Å²) < 4.78 is 44.5. The van der Waals surface area contributed by atoms with E-state index in [1.165, 1.54) is 12.1 Å². The molecule has 0 aliphatic carbocycles. The lowest BCUT2D eigenvalue weighted by atomic mass is 10.3. The van der Waals surface area contributed by atoms with E-state index >= 15 is 0 Å². The number of halogens is 4. The number of carbonyl (C=O) groups is 2. The number of nitrogens with one attached hydrogen (secondary N) is 3. The van der Waals surface area contributed by atoms with Gasteiger partial charge in [-0.25, -0.2) is 15.2 Å². The molecule has 154 valence electrons. The normalized spacial score (nSPS) is 16.5. The molecule has 1 amide bonds. The van der Waals surface area contributed by atoms with Crippen molar-refractivity contribution in [2.24, 2.45) is 0 Å². The standard InChI is InChI=1S/C15H12ClF3N6O4/c16-7-3-1-2-4-8(7)25-11(5-9(24-25)15(17,18)19)29-6-10(26)20-14-21-12(13(27)28)22-23-14/h1-5,9,24H,6H2,(H,27,28)(H2,20,21,22,23,26). The number of hydrazine groups is 1. The molecule has 1 aliphatic rings. The Labute approximate surface area is 165 Å². The van der Waals surface area contributed by atoms with Crippen molar-refractivity contribution in [1.82, 2.24) is 20.6 Å². The number of carboxylic acid groups (broad SMARTS) is 1. The monoisotopic (exact) mass is 432 g/mol. The second kappa shape index (κ2) is 7.97. The summed E-state index contributed by atoms with van der Waals surface area (Å²) in [6.07, 6.45) is -3.86. The number of rotatable bonds is 6. The molecule has 14 heteroatoms. The quantitative estimate of drug-likeness (QED) is 0.544. The van der Waals surface area contributed by atoms with E-state index in [1.54, 1.807) is 12.1 Å². The molecule has 3 rings (SSSR count). The van der Waals surface area contributed by atoms with Crippen molar-refractivity contribution >= 4 is 35.1 Å². The van der Waals surface area contributed by atoms with Gasteiger partial charge in [0, 0.05) is 6.08 Å². The minimum atomic E-state index is -4.61. The molecule has 0 saturated heterocycles. The minimum Gasteiger partial charge on any atom is -0.475 e. The van der Waals surface area contributed by atoms with Gasteiger partial charge in [-0.15, -0.1) is 5.10 Å². The molecular weight excluding hydrogens is 421 g/mol. The van der Waals surface area contributed by atoms with Crippen molar-refractivity contribution < 1.29 is 32.6 Å². The summed E-state index contributed by atoms with van der Waals surface area (Å²) in [6, 6.07) is 4.06. The summed E-state index contributed by atoms with van der Waals surface area (Å²) in [5, 5.41) is 17.6. The molecule has 10 nitrogen and oxygen atoms in total. The Morgan fingerprint density at radius 1 is 1.34 bits per heavy atom. The number of hydrogen-bond acceptors (Lipinski definition) is 7. The van der Waals surface area contributed by atoms with E-state index in [4.69, 9.17) is 21.4 Å². The van der Waals surface area contributed by atoms with Crippen LogP contribution in [0.1, 0.15) is 10.6 Å². The lowest BCUT2D eigenvalue weighted by Gasteiger charge is -2.25. The SMILES string of the molecule is O=C(COC1=CC(C(F)(F)F)NN1c1ccccc1Cl)Nc1n[nH]c(C(=O)O)n1. The van der Waals surface area contributed by atoms with Crippen molar-refractivity contribution in [3.05, 3.63) is 47.1 Å². The summed E-state index contributed by atoms with van der Waals surface area (Å²) in [5.74, 6) is -3.33. The number of aromatic nitrogens is 3. The average molecular weight is 433 g/mol. The van der Waals surface area contributed by atoms with Gasteiger partial charge < -0.3 is 9.84 Å². The molecule has 0 bridgehead atoms. The number of H-pyrrole nitrogens is 1. The third-order valence-electron chi connectivity index (χ3n) is 3.53. The molecule has 2 aromatic rings. The van der Waals surface area contributed by atoms with E-state index in [0.29, 0.717) is 0 Å². The third-order valence-corrected chi connectivity index (χ3v) is 3.85. The van der Waals surface area contributed by atoms with Gasteiger partial charge in [-0.2, -0.15) is 18.2 Å². The number of nitrogens with zero attached hydrogens (tertiary/aromatic N) is 3. The molecule has 1 atom stereocenters. The molecule has 0 spiro atoms. The highest BCUT2D eigenvalue weighted by atomic mass is 35.5. The van der Waals surface area contributed by atoms with Crippen LogP contribution < -0.4 is 15.8 Å². The highest BCUT2D eigenvalue weighted by Crippen LogP contribution is 2.33. The van der Waals surface area contributed by atoms with Gasteiger partial charge in [-0.05, 0) is 12.1 Å². The number of anilines is 2. The van der Waals surface area contributed by atoms with Gasteiger partial charge in [0.15, 0.2) is 6.61 Å². The fourth-order valence-corrected chi connectivity index (χ4v) is 2.49. The number of para-hydroxylation sites is 1. The first-order valence-electron chi connectivity index (χ1n) is 7.83. The first-order chi connectivity index (χ1) is 13.6. The lowest BCUT2D eigenvalue weighted by Crippen LogP contribution is -2.45. The second-order valence-electron chi connectivity index (χ2n) is 5.59. The van der Waals surface area contributed by atoms with Gasteiger partial charge in [0.25, 0.3) is 5.91 Å². The van der Waals surface area contributed by atoms with Crippen LogP contribution >= 0.6 is 11.6 Å². The molecule has 0 radical (unpaired) electrons. The Morgan fingerprint density at radius 3 is 2.69 bits per heavy atom. The van der Waals surface area contributed by atoms with Crippen LogP contribution in [0.5, 0.6) is 0 Å². The summed E-state index contributed by atoms with van der Waals surface area (Å²) in [7, 11) is 0. The number of amides is 1. The topological polar surface area (TPSA) is 132 Å². The van der Waals surface area contributed by atoms with E-state index in [-0.39, 0.29) is 22.5 Å². The molecule has 1 unspecified atom stereocenters. The molecule has 1 aromatic heterocycles. The number of ether oxygens (including phenoxy) is 1. The molecule has 29 heavy (non-hydrogen) atoms. The zero-order valence-electron chi connectivity index (χ0n) is 14.2. The van der Waals surface area contributed by atoms with Crippen LogP contribution in [-0.4, -0.2) is 51.0 Å². The average Bonchev–Trinajstić information content (AvgIpc) is 3.27. The zero-order valence-corrected chi connectivity index (χ0v) is 15.0. The lowest BCUT2D eigenvalue weighted by molar-refractivity contribution is -0.142. The molecular formula is C15H12ClF3N6O4. The molecule has 1 aromatic carbocycles. The zero-order chi connectivity index (χ0) is 21.2. The van der Waals surface area contributed by atoms with Gasteiger partial charge in [0.2, 0.25) is 17.7 Å². The summed E-state index contributed by atoms with van der Waals surface area (Å²) in [6.45, 7) is -0.698. The van der Waals surface area contributed by atoms with Crippen molar-refractivity contribution in [2.45, 2.75) is 12.2 Å². The molecule has 4 N–H and O–H groups in total. The Morgan fingerprint density at radius 2 is 2.07 bits per heavy atom. The minimum absolute atomic E-state index is 0.156. The number of alkyl halides is 3. The predicted molar refractivity (Wildman–Crippen MR) is 92.9 cm³/mol. The number of carbonyl (C=O) groups excluding carboxylic acids is 1. The van der Waals surface area contributed by atoms with Crippen LogP contribution in [0, 0.1) is 0 Å². The molecule has 1 aliphatic heterocycles. The smallest absolute Gasteiger partial charge is 0.409 e. The van der Waals surface area contributed by atoms with Gasteiger partial charge in [0.1, 0.15) is 6.04 Å². The van der Waals surface area contributed by atoms with Gasteiger partial charge in [-0.1, -0.05) is 23.7 Å². The highest BCUT2D eigenvalue weighted by molar-refractivity contribution is 6.33. The van der Waals surface area contributed by atoms with E-state index in [2.05, 4.69) is 25.9 Å². The maximum absolute atomic E-state index is 13.1. The summed E-state index contributed by atoms with van der Waals surface area (Å²) >= 11 is 6.04. The van der Waals surface area contributed by atoms with Crippen LogP contribution in [0.15, 0.2) is 36.2 Å². The van der Waals surface area contributed by atoms with Crippen LogP contribution in [0.25, 0.3) is 0 Å². The maximum atomic E-state index is 13.1. The Hall–Kier alpha value is -3.32. The number of hydrogen-bond donors (Lipinski definition) is 4. The van der Waals surface area contributed by atoms with Gasteiger partial charge >= 0.3 is 12.1 Å². The third kappa shape index (κ3) is 4.75. The van der Waals surface area contributed by atoms with Crippen molar-refractivity contribution in [3.8, 4) is 0 Å². The largest absolute Gasteiger partial charge is 0.475 e. The van der Waals surface area contributed by atoms with E-state index < -0.39 is 36.5 Å². The maximum Gasteiger partial charge on any atom is 0.409 e. The van der Waals surface area contributed by atoms with Crippen molar-refractivity contribution in [3.63, 3.8) is 0 Å². The van der Waals surface area contributed by atoms with Crippen LogP contribution in [-0.2, 0) is 9.53 Å². The Kier molecular flexibility index (Phi) is 5.61. The van der Waals surface area contributed by atoms with Gasteiger partial charge in [-0.3, -0.25) is 15.2 Å². The Balaban J connectivity index is 1.70. The van der Waals surface area contributed by atoms with Gasteiger partial charge in [0.05, 0.1) is 10.7 Å². The van der Waals surface area contributed by atoms with Crippen LogP contribution in [0.4, 0.5) is 24.8 Å². The van der Waals surface area contributed by atoms with E-state index in [0.717, 1.165) is 11.1 Å². The van der Waals surface area contributed by atoms with Crippen molar-refractivity contribution in [1.29, 1.82) is 0 Å². The summed E-state index contributed by atoms with van der Waals surface area (Å²) in [4.78, 5) is 26.2. The molecule has 0 fully saturated rings. The number of carboxylic acids is 1. The number of aromatic carboxylic acids is 1. The van der Waals surface area contributed by atoms with Crippen LogP contribution in [0.3, 0.4) is 0 Å². The molecule has 2 heterocycles. The highest BCUT2D eigenvalue weighted by Gasteiger charge is 2.44. The number of benzene rings is 1. The second-order valence-corrected chi connectivity index (χ2v) is 6.00.